The number of nitrogens with zero attached hydrogens (tertiary/aromatic N) is 1. The van der Waals surface area contributed by atoms with Gasteiger partial charge in [-0.1, -0.05) is 41.8 Å². The molecule has 0 atom stereocenters. The molecular weight excluding hydrogens is 475 g/mol. The Balaban J connectivity index is 1.60. The lowest BCUT2D eigenvalue weighted by Crippen LogP contribution is -2.23. The topological polar surface area (TPSA) is 22.1 Å². The minimum Gasteiger partial charge on any atom is -0.428 e. The van der Waals surface area contributed by atoms with E-state index in [0.29, 0.717) is 11.6 Å². The van der Waals surface area contributed by atoms with E-state index in [1.165, 1.54) is 18.2 Å². The summed E-state index contributed by atoms with van der Waals surface area (Å²) in [7, 11) is 0. The number of rotatable bonds is 4. The number of pyridine rings is 1. The first kappa shape index (κ1) is 24.1. The van der Waals surface area contributed by atoms with Gasteiger partial charge in [0, 0.05) is 23.1 Å². The molecule has 1 aromatic heterocycles. The van der Waals surface area contributed by atoms with E-state index in [1.807, 2.05) is 31.2 Å². The second kappa shape index (κ2) is 8.95. The Hall–Kier alpha value is -4.06. The van der Waals surface area contributed by atoms with Crippen LogP contribution in [0.5, 0.6) is 5.75 Å². The summed E-state index contributed by atoms with van der Waals surface area (Å²) in [6.45, 7) is 1.92. The van der Waals surface area contributed by atoms with Gasteiger partial charge in [-0.3, -0.25) is 4.98 Å². The van der Waals surface area contributed by atoms with Crippen LogP contribution in [0.25, 0.3) is 21.9 Å². The molecule has 0 N–H and O–H groups in total. The van der Waals surface area contributed by atoms with Gasteiger partial charge in [0.15, 0.2) is 5.69 Å². The van der Waals surface area contributed by atoms with Crippen LogP contribution in [0.4, 0.5) is 30.7 Å². The summed E-state index contributed by atoms with van der Waals surface area (Å²) in [5.74, 6) is -0.923. The van der Waals surface area contributed by atoms with Gasteiger partial charge in [0.2, 0.25) is 0 Å². The standard InChI is InChI=1S/C26H14F7NO/c1-15-2-4-16(5-3-15)17-6-9-23(34-14-17)26(32,33)35-19-7-8-20-18(12-19)13-22(27)21(24(20)28)10-11-25(29,30)31/h2-9,12-14H,1H3. The number of halogens is 7. The molecule has 0 aliphatic carbocycles. The van der Waals surface area contributed by atoms with Gasteiger partial charge in [-0.15, -0.1) is 0 Å². The molecule has 4 rings (SSSR count). The lowest BCUT2D eigenvalue weighted by molar-refractivity contribution is -0.188. The van der Waals surface area contributed by atoms with Crippen molar-refractivity contribution in [3.8, 4) is 28.7 Å². The van der Waals surface area contributed by atoms with E-state index < -0.39 is 40.9 Å². The predicted octanol–water partition coefficient (Wildman–Crippen LogP) is 7.53. The molecule has 0 radical (unpaired) electrons. The fraction of sp³-hybridized carbons (Fsp3) is 0.115. The van der Waals surface area contributed by atoms with Crippen LogP contribution in [0.15, 0.2) is 66.9 Å². The van der Waals surface area contributed by atoms with Crippen LogP contribution in [-0.4, -0.2) is 11.2 Å². The smallest absolute Gasteiger partial charge is 0.428 e. The van der Waals surface area contributed by atoms with Crippen molar-refractivity contribution in [1.29, 1.82) is 0 Å². The van der Waals surface area contributed by atoms with Crippen LogP contribution in [0.1, 0.15) is 16.8 Å². The monoisotopic (exact) mass is 489 g/mol. The zero-order valence-corrected chi connectivity index (χ0v) is 17.9. The highest BCUT2D eigenvalue weighted by atomic mass is 19.4. The van der Waals surface area contributed by atoms with E-state index in [1.54, 1.807) is 0 Å². The third kappa shape index (κ3) is 5.38. The van der Waals surface area contributed by atoms with Crippen LogP contribution in [-0.2, 0) is 6.11 Å². The second-order valence-electron chi connectivity index (χ2n) is 7.60. The van der Waals surface area contributed by atoms with Gasteiger partial charge in [-0.05, 0) is 48.2 Å². The van der Waals surface area contributed by atoms with Crippen molar-refractivity contribution in [2.45, 2.75) is 19.2 Å². The maximum Gasteiger partial charge on any atom is 0.458 e. The van der Waals surface area contributed by atoms with Crippen molar-refractivity contribution in [3.63, 3.8) is 0 Å². The Bertz CT molecular complexity index is 1450. The highest BCUT2D eigenvalue weighted by molar-refractivity contribution is 5.86. The van der Waals surface area contributed by atoms with Crippen LogP contribution >= 0.6 is 0 Å². The summed E-state index contributed by atoms with van der Waals surface area (Å²) < 4.78 is 99.7. The Labute approximate surface area is 195 Å². The lowest BCUT2D eigenvalue weighted by Gasteiger charge is -2.18. The van der Waals surface area contributed by atoms with Crippen molar-refractivity contribution in [1.82, 2.24) is 4.98 Å². The first-order valence-corrected chi connectivity index (χ1v) is 10.0. The van der Waals surface area contributed by atoms with E-state index in [0.717, 1.165) is 41.3 Å². The Morgan fingerprint density at radius 1 is 0.829 bits per heavy atom. The van der Waals surface area contributed by atoms with Gasteiger partial charge in [0.1, 0.15) is 17.4 Å². The van der Waals surface area contributed by atoms with Crippen LogP contribution < -0.4 is 4.74 Å². The van der Waals surface area contributed by atoms with Gasteiger partial charge in [-0.2, -0.15) is 22.0 Å². The molecule has 0 spiro atoms. The summed E-state index contributed by atoms with van der Waals surface area (Å²) in [6, 6.07) is 13.6. The molecule has 0 unspecified atom stereocenters. The zero-order valence-electron chi connectivity index (χ0n) is 17.9. The SMILES string of the molecule is Cc1ccc(-c2ccc(C(F)(F)Oc3ccc4c(F)c(C#CC(F)(F)F)c(F)cc4c3)nc2)cc1. The molecule has 0 saturated heterocycles. The van der Waals surface area contributed by atoms with Crippen LogP contribution in [0.3, 0.4) is 0 Å². The van der Waals surface area contributed by atoms with Crippen LogP contribution in [0, 0.1) is 30.4 Å². The largest absolute Gasteiger partial charge is 0.458 e. The first-order chi connectivity index (χ1) is 16.4. The highest BCUT2D eigenvalue weighted by Crippen LogP contribution is 2.34. The van der Waals surface area contributed by atoms with E-state index in [4.69, 9.17) is 4.74 Å². The van der Waals surface area contributed by atoms with Crippen molar-refractivity contribution in [3.05, 3.63) is 95.3 Å². The molecule has 0 aliphatic heterocycles. The summed E-state index contributed by atoms with van der Waals surface area (Å²) in [4.78, 5) is 3.79. The first-order valence-electron chi connectivity index (χ1n) is 10.0. The minimum absolute atomic E-state index is 0.200. The number of ether oxygens (including phenoxy) is 1. The molecular formula is C26H14F7NO. The number of alkyl halides is 5. The predicted molar refractivity (Wildman–Crippen MR) is 116 cm³/mol. The summed E-state index contributed by atoms with van der Waals surface area (Å²) >= 11 is 0. The minimum atomic E-state index is -4.94. The number of benzene rings is 3. The third-order valence-electron chi connectivity index (χ3n) is 5.02. The van der Waals surface area contributed by atoms with Crippen molar-refractivity contribution >= 4 is 10.8 Å². The molecule has 9 heteroatoms. The van der Waals surface area contributed by atoms with E-state index in [9.17, 15) is 30.7 Å². The maximum atomic E-state index is 14.7. The molecule has 0 fully saturated rings. The molecule has 2 nitrogen and oxygen atoms in total. The molecule has 178 valence electrons. The average molecular weight is 489 g/mol. The highest BCUT2D eigenvalue weighted by Gasteiger charge is 2.36. The number of hydrogen-bond acceptors (Lipinski definition) is 2. The van der Waals surface area contributed by atoms with E-state index in [-0.39, 0.29) is 10.8 Å². The van der Waals surface area contributed by atoms with Gasteiger partial charge in [0.25, 0.3) is 0 Å². The Morgan fingerprint density at radius 2 is 1.51 bits per heavy atom. The molecule has 0 amide bonds. The van der Waals surface area contributed by atoms with Gasteiger partial charge >= 0.3 is 12.3 Å². The van der Waals surface area contributed by atoms with Crippen molar-refractivity contribution in [2.75, 3.05) is 0 Å². The van der Waals surface area contributed by atoms with E-state index >= 15 is 0 Å². The normalized spacial score (nSPS) is 11.8. The Morgan fingerprint density at radius 3 is 2.14 bits per heavy atom. The fourth-order valence-electron chi connectivity index (χ4n) is 3.30. The molecule has 35 heavy (non-hydrogen) atoms. The Kier molecular flexibility index (Phi) is 6.15. The number of hydrogen-bond donors (Lipinski definition) is 0. The maximum absolute atomic E-state index is 14.7. The number of fused-ring (bicyclic) bond motifs is 1. The molecule has 0 aliphatic rings. The van der Waals surface area contributed by atoms with Crippen molar-refractivity contribution < 1.29 is 35.5 Å². The molecule has 4 aromatic rings. The average Bonchev–Trinajstić information content (AvgIpc) is 2.78. The van der Waals surface area contributed by atoms with Crippen molar-refractivity contribution in [2.24, 2.45) is 0 Å². The summed E-state index contributed by atoms with van der Waals surface area (Å²) in [5.41, 5.74) is 0.677. The fourth-order valence-corrected chi connectivity index (χ4v) is 3.30. The van der Waals surface area contributed by atoms with Gasteiger partial charge < -0.3 is 4.74 Å². The second-order valence-corrected chi connectivity index (χ2v) is 7.60. The van der Waals surface area contributed by atoms with Gasteiger partial charge in [-0.25, -0.2) is 8.78 Å². The summed E-state index contributed by atoms with van der Waals surface area (Å²) in [5, 5.41) is -0.511. The number of aryl methyl sites for hydroxylation is 1. The van der Waals surface area contributed by atoms with Crippen LogP contribution in [0.2, 0.25) is 0 Å². The summed E-state index contributed by atoms with van der Waals surface area (Å²) in [6.07, 6.45) is -7.55. The number of aromatic nitrogens is 1. The molecule has 0 saturated carbocycles. The molecule has 3 aromatic carbocycles. The molecule has 1 heterocycles. The third-order valence-corrected chi connectivity index (χ3v) is 5.02. The quantitative estimate of drug-likeness (QED) is 0.218. The zero-order chi connectivity index (χ0) is 25.4. The lowest BCUT2D eigenvalue weighted by atomic mass is 10.0. The van der Waals surface area contributed by atoms with Gasteiger partial charge in [0.05, 0.1) is 5.56 Å². The van der Waals surface area contributed by atoms with E-state index in [2.05, 4.69) is 4.98 Å². The molecule has 0 bridgehead atoms.